The third kappa shape index (κ3) is 8.00. The summed E-state index contributed by atoms with van der Waals surface area (Å²) in [6, 6.07) is 75.7. The molecule has 8 aromatic carbocycles. The van der Waals surface area contributed by atoms with E-state index in [-0.39, 0.29) is 5.41 Å². The number of aryl methyl sites for hydroxylation is 1. The van der Waals surface area contributed by atoms with E-state index in [1.165, 1.54) is 77.6 Å². The van der Waals surface area contributed by atoms with Crippen LogP contribution in [-0.2, 0) is 10.8 Å². The Morgan fingerprint density at radius 2 is 1.04 bits per heavy atom. The molecule has 1 aliphatic rings. The Labute approximate surface area is 417 Å². The van der Waals surface area contributed by atoms with E-state index in [1.807, 2.05) is 49.1 Å². The summed E-state index contributed by atoms with van der Waals surface area (Å²) in [5, 5.41) is 2.48. The summed E-state index contributed by atoms with van der Waals surface area (Å²) >= 11 is 0. The number of benzene rings is 8. The van der Waals surface area contributed by atoms with Crippen LogP contribution in [0, 0.1) is 6.92 Å². The van der Waals surface area contributed by atoms with E-state index < -0.39 is 5.41 Å². The number of rotatable bonds is 8. The molecule has 0 N–H and O–H groups in total. The number of aromatic nitrogens is 3. The average Bonchev–Trinajstić information content (AvgIpc) is 3.92. The quantitative estimate of drug-likeness (QED) is 0.142. The van der Waals surface area contributed by atoms with Gasteiger partial charge in [0.15, 0.2) is 0 Å². The van der Waals surface area contributed by atoms with Gasteiger partial charge in [0.05, 0.1) is 16.4 Å². The highest BCUT2D eigenvalue weighted by molar-refractivity contribution is 6.10. The molecule has 1 aliphatic carbocycles. The van der Waals surface area contributed by atoms with Crippen LogP contribution in [0.5, 0.6) is 0 Å². The topological polar surface area (TPSA) is 30.7 Å². The minimum absolute atomic E-state index is 0.0809. The number of nitrogens with zero attached hydrogens (tertiary/aromatic N) is 3. The molecule has 0 amide bonds. The molecule has 3 heteroatoms. The highest BCUT2D eigenvalue weighted by Crippen LogP contribution is 2.57. The van der Waals surface area contributed by atoms with Crippen LogP contribution >= 0.6 is 0 Å². The van der Waals surface area contributed by atoms with Crippen molar-refractivity contribution in [2.45, 2.75) is 38.5 Å². The zero-order chi connectivity index (χ0) is 48.7. The van der Waals surface area contributed by atoms with Gasteiger partial charge < -0.3 is 4.57 Å². The molecule has 0 radical (unpaired) electrons. The third-order valence-electron chi connectivity index (χ3n) is 14.3. The van der Waals surface area contributed by atoms with E-state index >= 15 is 0 Å². The highest BCUT2D eigenvalue weighted by Gasteiger charge is 2.46. The largest absolute Gasteiger partial charge is 0.309 e. The van der Waals surface area contributed by atoms with Crippen LogP contribution in [0.3, 0.4) is 0 Å². The van der Waals surface area contributed by atoms with Crippen LogP contribution < -0.4 is 0 Å². The number of hydrogen-bond donors (Lipinski definition) is 0. The first-order valence-electron chi connectivity index (χ1n) is 24.4. The van der Waals surface area contributed by atoms with E-state index in [9.17, 15) is 0 Å². The highest BCUT2D eigenvalue weighted by atomic mass is 15.0. The lowest BCUT2D eigenvalue weighted by Gasteiger charge is -2.34. The standard InChI is InChI=1S/C57H43N3.C11H12/c1-56(2,3)44-23-26-47(27-24-44)60-54-22-9-6-19-50(54)51-35-46(25-28-55(51)60)57(52-20-7-4-17-48(52)49-18-5-8-21-53(49)57)45-16-10-13-38(34-45)41-31-42(39-14-11-29-58-36-39)33-43(32-41)40-15-12-30-59-37-40;1-4-9(2)11-8-6-5-7-10(11)3/h4-37H,1-3H3;4-8H,1-2H2,3H3. The summed E-state index contributed by atoms with van der Waals surface area (Å²) in [5.41, 5.74) is 22.1. The van der Waals surface area contributed by atoms with Gasteiger partial charge in [0.25, 0.3) is 0 Å². The lowest BCUT2D eigenvalue weighted by molar-refractivity contribution is 0.590. The Morgan fingerprint density at radius 3 is 1.65 bits per heavy atom. The first kappa shape index (κ1) is 44.8. The molecule has 12 rings (SSSR count). The minimum Gasteiger partial charge on any atom is -0.309 e. The Kier molecular flexibility index (Phi) is 11.6. The summed E-state index contributed by atoms with van der Waals surface area (Å²) in [6.07, 6.45) is 9.32. The Morgan fingerprint density at radius 1 is 0.493 bits per heavy atom. The number of para-hydroxylation sites is 1. The second-order valence-corrected chi connectivity index (χ2v) is 19.6. The van der Waals surface area contributed by atoms with Gasteiger partial charge in [-0.05, 0) is 157 Å². The van der Waals surface area contributed by atoms with Crippen LogP contribution in [0.2, 0.25) is 0 Å². The molecule has 11 aromatic rings. The summed E-state index contributed by atoms with van der Waals surface area (Å²) in [6.45, 7) is 16.5. The molecule has 0 unspecified atom stereocenters. The van der Waals surface area contributed by atoms with Crippen LogP contribution in [0.4, 0.5) is 0 Å². The molecule has 0 saturated heterocycles. The van der Waals surface area contributed by atoms with Crippen LogP contribution in [-0.4, -0.2) is 14.5 Å². The van der Waals surface area contributed by atoms with Gasteiger partial charge in [-0.15, -0.1) is 0 Å². The van der Waals surface area contributed by atoms with E-state index in [4.69, 9.17) is 0 Å². The van der Waals surface area contributed by atoms with E-state index in [1.54, 1.807) is 6.08 Å². The summed E-state index contributed by atoms with van der Waals surface area (Å²) < 4.78 is 2.43. The summed E-state index contributed by atoms with van der Waals surface area (Å²) in [7, 11) is 0. The first-order chi connectivity index (χ1) is 34.6. The van der Waals surface area contributed by atoms with Crippen LogP contribution in [0.15, 0.2) is 250 Å². The van der Waals surface area contributed by atoms with Gasteiger partial charge >= 0.3 is 0 Å². The fourth-order valence-corrected chi connectivity index (χ4v) is 10.8. The van der Waals surface area contributed by atoms with Gasteiger partial charge in [-0.25, -0.2) is 0 Å². The number of allylic oxidation sites excluding steroid dienone is 2. The fraction of sp³-hybridized carbons (Fsp3) is 0.0882. The molecule has 342 valence electrons. The molecule has 71 heavy (non-hydrogen) atoms. The molecule has 0 aliphatic heterocycles. The van der Waals surface area contributed by atoms with Crippen LogP contribution in [0.25, 0.3) is 77.6 Å². The van der Waals surface area contributed by atoms with Gasteiger partial charge in [0.1, 0.15) is 0 Å². The van der Waals surface area contributed by atoms with Crippen molar-refractivity contribution >= 4 is 27.4 Å². The summed E-state index contributed by atoms with van der Waals surface area (Å²) in [4.78, 5) is 8.95. The predicted molar refractivity (Wildman–Crippen MR) is 299 cm³/mol. The van der Waals surface area contributed by atoms with Gasteiger partial charge in [-0.1, -0.05) is 180 Å². The lowest BCUT2D eigenvalue weighted by atomic mass is 9.67. The maximum Gasteiger partial charge on any atom is 0.0714 e. The van der Waals surface area contributed by atoms with Crippen molar-refractivity contribution in [1.29, 1.82) is 0 Å². The predicted octanol–water partition coefficient (Wildman–Crippen LogP) is 17.4. The van der Waals surface area contributed by atoms with E-state index in [2.05, 4.69) is 237 Å². The molecule has 3 heterocycles. The maximum absolute atomic E-state index is 4.48. The number of fused-ring (bicyclic) bond motifs is 6. The average molecular weight is 914 g/mol. The van der Waals surface area contributed by atoms with Crippen molar-refractivity contribution in [3.63, 3.8) is 0 Å². The number of hydrogen-bond acceptors (Lipinski definition) is 2. The van der Waals surface area contributed by atoms with Crippen molar-refractivity contribution < 1.29 is 0 Å². The smallest absolute Gasteiger partial charge is 0.0714 e. The van der Waals surface area contributed by atoms with Crippen molar-refractivity contribution in [2.24, 2.45) is 0 Å². The van der Waals surface area contributed by atoms with Crippen LogP contribution in [0.1, 0.15) is 59.7 Å². The molecule has 0 saturated carbocycles. The van der Waals surface area contributed by atoms with Gasteiger partial charge in [-0.3, -0.25) is 9.97 Å². The number of pyridine rings is 2. The Bertz CT molecular complexity index is 3670. The zero-order valence-electron chi connectivity index (χ0n) is 40.8. The molecular formula is C68H55N3. The fourth-order valence-electron chi connectivity index (χ4n) is 10.8. The van der Waals surface area contributed by atoms with E-state index in [0.717, 1.165) is 39.0 Å². The Hall–Kier alpha value is -8.66. The SMILES string of the molecule is C=CC(=C)c1ccccc1C.CC(C)(C)c1ccc(-n2c3ccccc3c3cc(C4(c5cccc(-c6cc(-c7cccnc7)cc(-c7cccnc7)c6)c5)c5ccccc5-c5ccccc54)ccc32)cc1. The molecule has 3 aromatic heterocycles. The Balaban J connectivity index is 0.000000442. The minimum atomic E-state index is -0.581. The van der Waals surface area contributed by atoms with Gasteiger partial charge in [-0.2, -0.15) is 0 Å². The molecule has 0 fully saturated rings. The molecule has 0 spiro atoms. The second-order valence-electron chi connectivity index (χ2n) is 19.6. The monoisotopic (exact) mass is 913 g/mol. The lowest BCUT2D eigenvalue weighted by Crippen LogP contribution is -2.28. The van der Waals surface area contributed by atoms with Crippen molar-refractivity contribution in [3.05, 3.63) is 289 Å². The second kappa shape index (κ2) is 18.3. The normalized spacial score (nSPS) is 12.5. The third-order valence-corrected chi connectivity index (χ3v) is 14.3. The van der Waals surface area contributed by atoms with Gasteiger partial charge in [0, 0.05) is 52.4 Å². The van der Waals surface area contributed by atoms with Crippen molar-refractivity contribution in [3.8, 4) is 50.2 Å². The first-order valence-corrected chi connectivity index (χ1v) is 24.4. The van der Waals surface area contributed by atoms with Gasteiger partial charge in [0.2, 0.25) is 0 Å². The molecule has 0 atom stereocenters. The molecule has 3 nitrogen and oxygen atoms in total. The van der Waals surface area contributed by atoms with Crippen molar-refractivity contribution in [1.82, 2.24) is 14.5 Å². The maximum atomic E-state index is 4.48. The molecular weight excluding hydrogens is 859 g/mol. The summed E-state index contributed by atoms with van der Waals surface area (Å²) in [5.74, 6) is 0. The van der Waals surface area contributed by atoms with Crippen molar-refractivity contribution in [2.75, 3.05) is 0 Å². The zero-order valence-corrected chi connectivity index (χ0v) is 40.8. The van der Waals surface area contributed by atoms with E-state index in [0.29, 0.717) is 0 Å². The molecule has 0 bridgehead atoms.